The first-order valence-electron chi connectivity index (χ1n) is 6.32. The van der Waals surface area contributed by atoms with Gasteiger partial charge in [0, 0.05) is 30.7 Å². The van der Waals surface area contributed by atoms with E-state index in [0.29, 0.717) is 11.6 Å². The Bertz CT molecular complexity index is 380. The molecule has 1 aromatic carbocycles. The topological polar surface area (TPSA) is 29.3 Å². The van der Waals surface area contributed by atoms with Crippen molar-refractivity contribution in [2.24, 2.45) is 11.7 Å². The van der Waals surface area contributed by atoms with E-state index in [1.807, 2.05) is 6.07 Å². The number of rotatable bonds is 3. The lowest BCUT2D eigenvalue weighted by molar-refractivity contribution is 0.247. The maximum Gasteiger partial charge on any atom is 0.128 e. The van der Waals surface area contributed by atoms with Crippen molar-refractivity contribution in [1.29, 1.82) is 0 Å². The summed E-state index contributed by atoms with van der Waals surface area (Å²) in [6.07, 6.45) is 1.21. The molecular formula is C14H21FN2. The minimum absolute atomic E-state index is 0.195. The van der Waals surface area contributed by atoms with Crippen molar-refractivity contribution in [3.05, 3.63) is 35.6 Å². The molecule has 0 aliphatic carbocycles. The average Bonchev–Trinajstić information content (AvgIpc) is 2.58. The number of halogens is 1. The maximum atomic E-state index is 13.6. The monoisotopic (exact) mass is 236 g/mol. The van der Waals surface area contributed by atoms with Gasteiger partial charge < -0.3 is 5.73 Å². The predicted molar refractivity (Wildman–Crippen MR) is 68.1 cm³/mol. The fourth-order valence-corrected chi connectivity index (χ4v) is 2.77. The van der Waals surface area contributed by atoms with Crippen LogP contribution in [0.3, 0.4) is 0 Å². The fourth-order valence-electron chi connectivity index (χ4n) is 2.77. The first kappa shape index (κ1) is 12.5. The molecule has 2 N–H and O–H groups in total. The minimum Gasteiger partial charge on any atom is -0.323 e. The highest BCUT2D eigenvalue weighted by Crippen LogP contribution is 2.25. The summed E-state index contributed by atoms with van der Waals surface area (Å²) in [6.45, 7) is 6.29. The molecule has 0 saturated carbocycles. The van der Waals surface area contributed by atoms with Gasteiger partial charge in [-0.1, -0.05) is 25.1 Å². The summed E-state index contributed by atoms with van der Waals surface area (Å²) < 4.78 is 13.6. The third kappa shape index (κ3) is 2.85. The lowest BCUT2D eigenvalue weighted by Crippen LogP contribution is -2.35. The summed E-state index contributed by atoms with van der Waals surface area (Å²) in [4.78, 5) is 2.36. The van der Waals surface area contributed by atoms with Crippen molar-refractivity contribution in [2.45, 2.75) is 32.4 Å². The Kier molecular flexibility index (Phi) is 3.79. The Morgan fingerprint density at radius 3 is 2.71 bits per heavy atom. The molecule has 3 heteroatoms. The first-order chi connectivity index (χ1) is 8.08. The highest BCUT2D eigenvalue weighted by atomic mass is 19.1. The quantitative estimate of drug-likeness (QED) is 0.874. The number of likely N-dealkylation sites (tertiary alicyclic amines) is 1. The molecule has 2 rings (SSSR count). The Morgan fingerprint density at radius 1 is 1.41 bits per heavy atom. The highest BCUT2D eigenvalue weighted by Gasteiger charge is 2.27. The van der Waals surface area contributed by atoms with Crippen LogP contribution in [0.4, 0.5) is 4.39 Å². The summed E-state index contributed by atoms with van der Waals surface area (Å²) in [5.41, 5.74) is 6.73. The van der Waals surface area contributed by atoms with E-state index in [9.17, 15) is 4.39 Å². The smallest absolute Gasteiger partial charge is 0.128 e. The maximum absolute atomic E-state index is 13.6. The van der Waals surface area contributed by atoms with Crippen LogP contribution in [-0.4, -0.2) is 24.0 Å². The number of hydrogen-bond acceptors (Lipinski definition) is 2. The third-order valence-electron chi connectivity index (χ3n) is 3.65. The van der Waals surface area contributed by atoms with Gasteiger partial charge in [0.05, 0.1) is 0 Å². The lowest BCUT2D eigenvalue weighted by atomic mass is 10.1. The van der Waals surface area contributed by atoms with Crippen LogP contribution in [-0.2, 0) is 0 Å². The zero-order valence-electron chi connectivity index (χ0n) is 10.6. The standard InChI is InChI=1S/C14H21FN2/c1-10-7-11(2)17(8-10)9-14(16)12-5-3-4-6-13(12)15/h3-6,10-11,14H,7-9,16H2,1-2H3. The second-order valence-electron chi connectivity index (χ2n) is 5.27. The molecule has 1 aliphatic rings. The van der Waals surface area contributed by atoms with E-state index in [-0.39, 0.29) is 11.9 Å². The second-order valence-corrected chi connectivity index (χ2v) is 5.27. The molecule has 17 heavy (non-hydrogen) atoms. The van der Waals surface area contributed by atoms with Crippen molar-refractivity contribution < 1.29 is 4.39 Å². The van der Waals surface area contributed by atoms with E-state index >= 15 is 0 Å². The van der Waals surface area contributed by atoms with Crippen LogP contribution >= 0.6 is 0 Å². The van der Waals surface area contributed by atoms with Crippen LogP contribution in [0.1, 0.15) is 31.9 Å². The second kappa shape index (κ2) is 5.15. The third-order valence-corrected chi connectivity index (χ3v) is 3.65. The van der Waals surface area contributed by atoms with Gasteiger partial charge in [-0.15, -0.1) is 0 Å². The molecule has 1 fully saturated rings. The summed E-state index contributed by atoms with van der Waals surface area (Å²) >= 11 is 0. The number of nitrogens with zero attached hydrogens (tertiary/aromatic N) is 1. The van der Waals surface area contributed by atoms with E-state index < -0.39 is 0 Å². The fraction of sp³-hybridized carbons (Fsp3) is 0.571. The largest absolute Gasteiger partial charge is 0.323 e. The summed E-state index contributed by atoms with van der Waals surface area (Å²) in [6, 6.07) is 7.13. The van der Waals surface area contributed by atoms with Gasteiger partial charge in [0.1, 0.15) is 5.82 Å². The summed E-state index contributed by atoms with van der Waals surface area (Å²) in [5.74, 6) is 0.526. The first-order valence-corrected chi connectivity index (χ1v) is 6.32. The van der Waals surface area contributed by atoms with Gasteiger partial charge in [-0.3, -0.25) is 4.90 Å². The molecule has 3 unspecified atom stereocenters. The molecule has 1 saturated heterocycles. The number of benzene rings is 1. The molecule has 0 radical (unpaired) electrons. The molecule has 1 aliphatic heterocycles. The molecule has 2 nitrogen and oxygen atoms in total. The zero-order valence-corrected chi connectivity index (χ0v) is 10.6. The van der Waals surface area contributed by atoms with Gasteiger partial charge in [0.2, 0.25) is 0 Å². The molecule has 94 valence electrons. The van der Waals surface area contributed by atoms with Crippen molar-refractivity contribution >= 4 is 0 Å². The van der Waals surface area contributed by atoms with Gasteiger partial charge in [-0.2, -0.15) is 0 Å². The molecule has 1 heterocycles. The van der Waals surface area contributed by atoms with Crippen LogP contribution in [0.2, 0.25) is 0 Å². The van der Waals surface area contributed by atoms with E-state index in [2.05, 4.69) is 18.7 Å². The summed E-state index contributed by atoms with van der Waals surface area (Å²) in [5, 5.41) is 0. The van der Waals surface area contributed by atoms with E-state index in [1.165, 1.54) is 12.5 Å². The van der Waals surface area contributed by atoms with Gasteiger partial charge in [0.15, 0.2) is 0 Å². The van der Waals surface area contributed by atoms with Crippen molar-refractivity contribution in [2.75, 3.05) is 13.1 Å². The van der Waals surface area contributed by atoms with Gasteiger partial charge >= 0.3 is 0 Å². The van der Waals surface area contributed by atoms with Crippen LogP contribution in [0.5, 0.6) is 0 Å². The molecule has 0 amide bonds. The Morgan fingerprint density at radius 2 is 2.12 bits per heavy atom. The van der Waals surface area contributed by atoms with Crippen molar-refractivity contribution in [3.63, 3.8) is 0 Å². The average molecular weight is 236 g/mol. The van der Waals surface area contributed by atoms with E-state index in [0.717, 1.165) is 19.0 Å². The zero-order chi connectivity index (χ0) is 12.4. The molecule has 3 atom stereocenters. The lowest BCUT2D eigenvalue weighted by Gasteiger charge is -2.25. The predicted octanol–water partition coefficient (Wildman–Crippen LogP) is 2.56. The number of hydrogen-bond donors (Lipinski definition) is 1. The van der Waals surface area contributed by atoms with E-state index in [1.54, 1.807) is 12.1 Å². The highest BCUT2D eigenvalue weighted by molar-refractivity contribution is 5.21. The minimum atomic E-state index is -0.232. The molecule has 0 bridgehead atoms. The normalized spacial score (nSPS) is 27.3. The molecular weight excluding hydrogens is 215 g/mol. The van der Waals surface area contributed by atoms with Gasteiger partial charge in [0.25, 0.3) is 0 Å². The Labute approximate surface area is 103 Å². The van der Waals surface area contributed by atoms with E-state index in [4.69, 9.17) is 5.73 Å². The Hall–Kier alpha value is -0.930. The number of nitrogens with two attached hydrogens (primary N) is 1. The van der Waals surface area contributed by atoms with Crippen LogP contribution in [0.25, 0.3) is 0 Å². The Balaban J connectivity index is 2.02. The molecule has 1 aromatic rings. The van der Waals surface area contributed by atoms with Crippen LogP contribution in [0.15, 0.2) is 24.3 Å². The van der Waals surface area contributed by atoms with Crippen molar-refractivity contribution in [3.8, 4) is 0 Å². The van der Waals surface area contributed by atoms with Crippen LogP contribution in [0, 0.1) is 11.7 Å². The summed E-state index contributed by atoms with van der Waals surface area (Å²) in [7, 11) is 0. The van der Waals surface area contributed by atoms with Crippen LogP contribution < -0.4 is 5.73 Å². The molecule has 0 aromatic heterocycles. The van der Waals surface area contributed by atoms with Gasteiger partial charge in [-0.25, -0.2) is 4.39 Å². The SMILES string of the molecule is CC1CC(C)N(CC(N)c2ccccc2F)C1. The molecule has 0 spiro atoms. The van der Waals surface area contributed by atoms with Gasteiger partial charge in [-0.05, 0) is 25.3 Å². The van der Waals surface area contributed by atoms with Crippen molar-refractivity contribution in [1.82, 2.24) is 4.90 Å².